The predicted molar refractivity (Wildman–Crippen MR) is 87.9 cm³/mol. The maximum atomic E-state index is 12.0. The minimum atomic E-state index is -0.460. The molecule has 1 amide bonds. The van der Waals surface area contributed by atoms with Gasteiger partial charge in [0.2, 0.25) is 0 Å². The molecule has 0 saturated heterocycles. The molecular formula is C16H17N3O2S. The van der Waals surface area contributed by atoms with E-state index in [-0.39, 0.29) is 11.7 Å². The molecule has 2 aromatic heterocycles. The Morgan fingerprint density at radius 3 is 2.82 bits per heavy atom. The number of nitrogens with one attached hydrogen (secondary N) is 1. The van der Waals surface area contributed by atoms with Crippen LogP contribution in [0.1, 0.15) is 24.4 Å². The van der Waals surface area contributed by atoms with Gasteiger partial charge in [-0.2, -0.15) is 0 Å². The molecule has 3 aromatic rings. The highest BCUT2D eigenvalue weighted by molar-refractivity contribution is 7.21. The number of hydrogen-bond donors (Lipinski definition) is 2. The van der Waals surface area contributed by atoms with Crippen LogP contribution >= 0.6 is 11.3 Å². The van der Waals surface area contributed by atoms with Crippen molar-refractivity contribution in [2.45, 2.75) is 19.4 Å². The Morgan fingerprint density at radius 2 is 2.09 bits per heavy atom. The highest BCUT2D eigenvalue weighted by Crippen LogP contribution is 2.31. The van der Waals surface area contributed by atoms with Crippen molar-refractivity contribution in [3.8, 4) is 10.8 Å². The summed E-state index contributed by atoms with van der Waals surface area (Å²) in [6.07, 6.45) is 0. The van der Waals surface area contributed by atoms with Crippen LogP contribution in [-0.4, -0.2) is 23.0 Å². The lowest BCUT2D eigenvalue weighted by atomic mass is 10.1. The van der Waals surface area contributed by atoms with Gasteiger partial charge in [-0.05, 0) is 38.1 Å². The van der Waals surface area contributed by atoms with Crippen LogP contribution in [0.4, 0.5) is 0 Å². The molecule has 2 heterocycles. The van der Waals surface area contributed by atoms with Crippen LogP contribution in [0.15, 0.2) is 40.8 Å². The highest BCUT2D eigenvalue weighted by atomic mass is 32.1. The summed E-state index contributed by atoms with van der Waals surface area (Å²) in [6.45, 7) is 4.08. The summed E-state index contributed by atoms with van der Waals surface area (Å²) >= 11 is 1.54. The number of aromatic nitrogens is 1. The Labute approximate surface area is 132 Å². The van der Waals surface area contributed by atoms with Crippen molar-refractivity contribution in [2.24, 2.45) is 5.73 Å². The number of amides is 1. The summed E-state index contributed by atoms with van der Waals surface area (Å²) in [5, 5.41) is 3.52. The van der Waals surface area contributed by atoms with E-state index in [4.69, 9.17) is 10.2 Å². The van der Waals surface area contributed by atoms with Crippen LogP contribution in [0.25, 0.3) is 21.0 Å². The molecule has 6 heteroatoms. The number of hydrogen-bond acceptors (Lipinski definition) is 5. The second kappa shape index (κ2) is 5.55. The van der Waals surface area contributed by atoms with Crippen LogP contribution in [-0.2, 0) is 0 Å². The zero-order valence-corrected chi connectivity index (χ0v) is 13.2. The zero-order valence-electron chi connectivity index (χ0n) is 12.4. The predicted octanol–water partition coefficient (Wildman–Crippen LogP) is 3.02. The number of carbonyl (C=O) groups excluding carboxylic acids is 1. The van der Waals surface area contributed by atoms with Crippen molar-refractivity contribution in [1.82, 2.24) is 10.3 Å². The number of benzene rings is 1. The Morgan fingerprint density at radius 1 is 1.32 bits per heavy atom. The molecule has 114 valence electrons. The molecule has 0 aliphatic heterocycles. The fourth-order valence-electron chi connectivity index (χ4n) is 1.95. The minimum absolute atomic E-state index is 0.263. The van der Waals surface area contributed by atoms with E-state index in [0.29, 0.717) is 12.3 Å². The number of carbonyl (C=O) groups is 1. The summed E-state index contributed by atoms with van der Waals surface area (Å²) in [5.74, 6) is 0.586. The highest BCUT2D eigenvalue weighted by Gasteiger charge is 2.17. The molecule has 0 radical (unpaired) electrons. The SMILES string of the molecule is CC(C)(N)CNC(=O)c1ccc(-c2nc3ccccc3s2)o1. The number of fused-ring (bicyclic) bond motifs is 1. The molecule has 5 nitrogen and oxygen atoms in total. The average molecular weight is 315 g/mol. The molecule has 0 fully saturated rings. The Balaban J connectivity index is 1.79. The summed E-state index contributed by atoms with van der Waals surface area (Å²) in [6, 6.07) is 11.3. The second-order valence-electron chi connectivity index (χ2n) is 5.82. The summed E-state index contributed by atoms with van der Waals surface area (Å²) < 4.78 is 6.71. The molecule has 0 spiro atoms. The Hall–Kier alpha value is -2.18. The first-order valence-corrected chi connectivity index (χ1v) is 7.77. The topological polar surface area (TPSA) is 81.1 Å². The molecule has 0 saturated carbocycles. The lowest BCUT2D eigenvalue weighted by Crippen LogP contribution is -2.45. The number of nitrogens with zero attached hydrogens (tertiary/aromatic N) is 1. The lowest BCUT2D eigenvalue weighted by Gasteiger charge is -2.18. The molecule has 1 aromatic carbocycles. The average Bonchev–Trinajstić information content (AvgIpc) is 3.09. The monoisotopic (exact) mass is 315 g/mol. The molecule has 3 rings (SSSR count). The van der Waals surface area contributed by atoms with Gasteiger partial charge in [0.05, 0.1) is 10.2 Å². The number of para-hydroxylation sites is 1. The van der Waals surface area contributed by atoms with Gasteiger partial charge in [-0.25, -0.2) is 4.98 Å². The van der Waals surface area contributed by atoms with Crippen LogP contribution in [0.3, 0.4) is 0 Å². The first-order valence-electron chi connectivity index (χ1n) is 6.95. The third-order valence-electron chi connectivity index (χ3n) is 3.04. The molecule has 0 unspecified atom stereocenters. The summed E-state index contributed by atoms with van der Waals surface area (Å²) in [7, 11) is 0. The van der Waals surface area contributed by atoms with E-state index in [1.807, 2.05) is 38.1 Å². The smallest absolute Gasteiger partial charge is 0.287 e. The fourth-order valence-corrected chi connectivity index (χ4v) is 2.88. The number of rotatable bonds is 4. The van der Waals surface area contributed by atoms with E-state index in [9.17, 15) is 4.79 Å². The molecule has 0 bridgehead atoms. The summed E-state index contributed by atoms with van der Waals surface area (Å²) in [5.41, 5.74) is 6.31. The molecule has 0 atom stereocenters. The van der Waals surface area contributed by atoms with Gasteiger partial charge in [0, 0.05) is 12.1 Å². The van der Waals surface area contributed by atoms with Gasteiger partial charge in [-0.3, -0.25) is 4.79 Å². The molecule has 0 aliphatic rings. The van der Waals surface area contributed by atoms with Gasteiger partial charge in [0.1, 0.15) is 0 Å². The molecular weight excluding hydrogens is 298 g/mol. The van der Waals surface area contributed by atoms with Crippen LogP contribution in [0, 0.1) is 0 Å². The number of thiazole rings is 1. The third-order valence-corrected chi connectivity index (χ3v) is 4.09. The maximum Gasteiger partial charge on any atom is 0.287 e. The van der Waals surface area contributed by atoms with Gasteiger partial charge >= 0.3 is 0 Å². The van der Waals surface area contributed by atoms with Gasteiger partial charge in [-0.1, -0.05) is 12.1 Å². The van der Waals surface area contributed by atoms with Crippen molar-refractivity contribution in [2.75, 3.05) is 6.54 Å². The van der Waals surface area contributed by atoms with E-state index in [0.717, 1.165) is 15.2 Å². The van der Waals surface area contributed by atoms with E-state index >= 15 is 0 Å². The zero-order chi connectivity index (χ0) is 15.7. The van der Waals surface area contributed by atoms with Gasteiger partial charge in [0.15, 0.2) is 16.5 Å². The van der Waals surface area contributed by atoms with Crippen molar-refractivity contribution in [3.05, 3.63) is 42.2 Å². The quantitative estimate of drug-likeness (QED) is 0.775. The molecule has 22 heavy (non-hydrogen) atoms. The number of nitrogens with two attached hydrogens (primary N) is 1. The van der Waals surface area contributed by atoms with Crippen LogP contribution in [0.5, 0.6) is 0 Å². The van der Waals surface area contributed by atoms with Crippen molar-refractivity contribution in [3.63, 3.8) is 0 Å². The largest absolute Gasteiger partial charge is 0.448 e. The Kier molecular flexibility index (Phi) is 3.72. The van der Waals surface area contributed by atoms with Crippen molar-refractivity contribution < 1.29 is 9.21 Å². The van der Waals surface area contributed by atoms with E-state index in [2.05, 4.69) is 10.3 Å². The van der Waals surface area contributed by atoms with Crippen molar-refractivity contribution in [1.29, 1.82) is 0 Å². The van der Waals surface area contributed by atoms with E-state index in [1.165, 1.54) is 11.3 Å². The van der Waals surface area contributed by atoms with Gasteiger partial charge < -0.3 is 15.5 Å². The molecule has 0 aliphatic carbocycles. The van der Waals surface area contributed by atoms with Crippen LogP contribution in [0.2, 0.25) is 0 Å². The van der Waals surface area contributed by atoms with Gasteiger partial charge in [0.25, 0.3) is 5.91 Å². The van der Waals surface area contributed by atoms with E-state index < -0.39 is 5.54 Å². The van der Waals surface area contributed by atoms with E-state index in [1.54, 1.807) is 12.1 Å². The minimum Gasteiger partial charge on any atom is -0.448 e. The van der Waals surface area contributed by atoms with Crippen LogP contribution < -0.4 is 11.1 Å². The third kappa shape index (κ3) is 3.18. The van der Waals surface area contributed by atoms with Gasteiger partial charge in [-0.15, -0.1) is 11.3 Å². The standard InChI is InChI=1S/C16H17N3O2S/c1-16(2,17)9-18-14(20)11-7-8-12(21-11)15-19-10-5-3-4-6-13(10)22-15/h3-8H,9,17H2,1-2H3,(H,18,20). The number of furan rings is 1. The first-order chi connectivity index (χ1) is 10.4. The van der Waals surface area contributed by atoms with Crippen molar-refractivity contribution >= 4 is 27.5 Å². The lowest BCUT2D eigenvalue weighted by molar-refractivity contribution is 0.0919. The molecule has 3 N–H and O–H groups in total. The Bertz CT molecular complexity index is 781. The second-order valence-corrected chi connectivity index (χ2v) is 6.85. The normalized spacial score (nSPS) is 11.8. The first kappa shape index (κ1) is 14.7. The fraction of sp³-hybridized carbons (Fsp3) is 0.250. The summed E-state index contributed by atoms with van der Waals surface area (Å²) in [4.78, 5) is 16.5. The maximum absolute atomic E-state index is 12.0.